The molecule has 0 spiro atoms. The lowest BCUT2D eigenvalue weighted by atomic mass is 10.2. The molecule has 0 aromatic carbocycles. The molecule has 1 aliphatic rings. The number of aliphatic imine (C=N–C) groups is 1. The standard InChI is InChI=1S/C15H25N3/c1-4-13-7-6-8-14(10-9-13)17-11-12(3)18-15(16)5-2/h7-10,12,17H,4-6,11H2,1-3H3,(H2,16,18). The Hall–Kier alpha value is -1.51. The third-order valence-corrected chi connectivity index (χ3v) is 2.95. The number of allylic oxidation sites excluding steroid dienone is 5. The molecule has 0 aromatic heterocycles. The van der Waals surface area contributed by atoms with Crippen molar-refractivity contribution in [1.82, 2.24) is 5.32 Å². The van der Waals surface area contributed by atoms with Crippen LogP contribution in [0.25, 0.3) is 0 Å². The van der Waals surface area contributed by atoms with E-state index in [4.69, 9.17) is 5.73 Å². The Morgan fingerprint density at radius 3 is 2.83 bits per heavy atom. The maximum atomic E-state index is 5.73. The molecule has 1 atom stereocenters. The molecular weight excluding hydrogens is 222 g/mol. The Balaban J connectivity index is 2.43. The summed E-state index contributed by atoms with van der Waals surface area (Å²) in [6.07, 6.45) is 11.7. The molecule has 1 unspecified atom stereocenters. The van der Waals surface area contributed by atoms with Crippen molar-refractivity contribution in [2.45, 2.75) is 46.1 Å². The van der Waals surface area contributed by atoms with Gasteiger partial charge in [-0.25, -0.2) is 0 Å². The Morgan fingerprint density at radius 2 is 2.17 bits per heavy atom. The van der Waals surface area contributed by atoms with Gasteiger partial charge in [-0.15, -0.1) is 0 Å². The molecule has 1 aliphatic carbocycles. The van der Waals surface area contributed by atoms with Crippen LogP contribution in [0.2, 0.25) is 0 Å². The van der Waals surface area contributed by atoms with Crippen LogP contribution in [-0.2, 0) is 0 Å². The summed E-state index contributed by atoms with van der Waals surface area (Å²) in [4.78, 5) is 4.40. The highest BCUT2D eigenvalue weighted by molar-refractivity contribution is 5.80. The molecule has 100 valence electrons. The van der Waals surface area contributed by atoms with E-state index in [1.165, 1.54) is 11.3 Å². The van der Waals surface area contributed by atoms with Crippen molar-refractivity contribution >= 4 is 5.84 Å². The summed E-state index contributed by atoms with van der Waals surface area (Å²) in [7, 11) is 0. The Labute approximate surface area is 111 Å². The monoisotopic (exact) mass is 247 g/mol. The second kappa shape index (κ2) is 7.75. The van der Waals surface area contributed by atoms with Gasteiger partial charge in [-0.05, 0) is 25.8 Å². The highest BCUT2D eigenvalue weighted by Crippen LogP contribution is 2.11. The average Bonchev–Trinajstić information content (AvgIpc) is 2.61. The second-order valence-corrected chi connectivity index (χ2v) is 4.57. The molecule has 0 saturated carbocycles. The van der Waals surface area contributed by atoms with E-state index in [1.807, 2.05) is 6.92 Å². The van der Waals surface area contributed by atoms with Gasteiger partial charge in [-0.3, -0.25) is 4.99 Å². The van der Waals surface area contributed by atoms with Crippen LogP contribution < -0.4 is 11.1 Å². The fraction of sp³-hybridized carbons (Fsp3) is 0.533. The van der Waals surface area contributed by atoms with Gasteiger partial charge in [0, 0.05) is 18.7 Å². The predicted octanol–water partition coefficient (Wildman–Crippen LogP) is 2.91. The van der Waals surface area contributed by atoms with Crippen molar-refractivity contribution in [3.8, 4) is 0 Å². The van der Waals surface area contributed by atoms with Crippen molar-refractivity contribution in [3.63, 3.8) is 0 Å². The Bertz CT molecular complexity index is 375. The minimum atomic E-state index is 0.209. The fourth-order valence-electron chi connectivity index (χ4n) is 1.75. The van der Waals surface area contributed by atoms with E-state index in [2.05, 4.69) is 48.5 Å². The van der Waals surface area contributed by atoms with E-state index in [1.54, 1.807) is 0 Å². The second-order valence-electron chi connectivity index (χ2n) is 4.57. The molecule has 0 heterocycles. The predicted molar refractivity (Wildman–Crippen MR) is 79.6 cm³/mol. The number of nitrogens with zero attached hydrogens (tertiary/aromatic N) is 1. The highest BCUT2D eigenvalue weighted by atomic mass is 15.0. The van der Waals surface area contributed by atoms with E-state index < -0.39 is 0 Å². The minimum absolute atomic E-state index is 0.209. The smallest absolute Gasteiger partial charge is 0.0938 e. The lowest BCUT2D eigenvalue weighted by Crippen LogP contribution is -2.25. The van der Waals surface area contributed by atoms with Crippen LogP contribution in [-0.4, -0.2) is 18.4 Å². The van der Waals surface area contributed by atoms with Crippen molar-refractivity contribution in [2.75, 3.05) is 6.54 Å². The van der Waals surface area contributed by atoms with Crippen LogP contribution in [0.4, 0.5) is 0 Å². The molecule has 1 rings (SSSR count). The van der Waals surface area contributed by atoms with Gasteiger partial charge in [-0.1, -0.05) is 37.6 Å². The fourth-order valence-corrected chi connectivity index (χ4v) is 1.75. The first kappa shape index (κ1) is 14.6. The number of rotatable bonds is 6. The average molecular weight is 247 g/mol. The Kier molecular flexibility index (Phi) is 6.26. The molecule has 0 aromatic rings. The summed E-state index contributed by atoms with van der Waals surface area (Å²) >= 11 is 0. The summed E-state index contributed by atoms with van der Waals surface area (Å²) in [6.45, 7) is 7.09. The van der Waals surface area contributed by atoms with Gasteiger partial charge in [0.2, 0.25) is 0 Å². The first-order chi connectivity index (χ1) is 8.65. The van der Waals surface area contributed by atoms with E-state index in [0.29, 0.717) is 0 Å². The first-order valence-electron chi connectivity index (χ1n) is 6.79. The van der Waals surface area contributed by atoms with Crippen LogP contribution in [0, 0.1) is 0 Å². The summed E-state index contributed by atoms with van der Waals surface area (Å²) in [5.74, 6) is 0.727. The maximum Gasteiger partial charge on any atom is 0.0938 e. The number of amidine groups is 1. The van der Waals surface area contributed by atoms with Gasteiger partial charge in [0.25, 0.3) is 0 Å². The van der Waals surface area contributed by atoms with Crippen molar-refractivity contribution in [1.29, 1.82) is 0 Å². The van der Waals surface area contributed by atoms with Crippen LogP contribution >= 0.6 is 0 Å². The molecular formula is C15H25N3. The topological polar surface area (TPSA) is 50.4 Å². The van der Waals surface area contributed by atoms with Crippen molar-refractivity contribution in [2.24, 2.45) is 10.7 Å². The SMILES string of the molecule is CCC1=CCC=C(NCC(C)/N=C(\N)CC)C=C1. The molecule has 0 bridgehead atoms. The normalized spacial score (nSPS) is 17.8. The molecule has 0 radical (unpaired) electrons. The zero-order valence-corrected chi connectivity index (χ0v) is 11.7. The van der Waals surface area contributed by atoms with E-state index in [9.17, 15) is 0 Å². The molecule has 18 heavy (non-hydrogen) atoms. The maximum absolute atomic E-state index is 5.73. The molecule has 3 nitrogen and oxygen atoms in total. The Morgan fingerprint density at radius 1 is 1.39 bits per heavy atom. The largest absolute Gasteiger partial charge is 0.387 e. The summed E-state index contributed by atoms with van der Waals surface area (Å²) in [5, 5.41) is 3.41. The van der Waals surface area contributed by atoms with Crippen LogP contribution in [0.3, 0.4) is 0 Å². The summed E-state index contributed by atoms with van der Waals surface area (Å²) < 4.78 is 0. The zero-order chi connectivity index (χ0) is 13.4. The third-order valence-electron chi connectivity index (χ3n) is 2.95. The molecule has 0 saturated heterocycles. The van der Waals surface area contributed by atoms with Gasteiger partial charge < -0.3 is 11.1 Å². The third kappa shape index (κ3) is 5.21. The molecule has 3 N–H and O–H groups in total. The number of hydrogen-bond acceptors (Lipinski definition) is 2. The number of nitrogens with one attached hydrogen (secondary N) is 1. The van der Waals surface area contributed by atoms with Crippen LogP contribution in [0.1, 0.15) is 40.0 Å². The van der Waals surface area contributed by atoms with Crippen LogP contribution in [0.5, 0.6) is 0 Å². The summed E-state index contributed by atoms with van der Waals surface area (Å²) in [6, 6.07) is 0.209. The van der Waals surface area contributed by atoms with E-state index in [-0.39, 0.29) is 6.04 Å². The van der Waals surface area contributed by atoms with Gasteiger partial charge in [0.15, 0.2) is 0 Å². The molecule has 0 aliphatic heterocycles. The van der Waals surface area contributed by atoms with Gasteiger partial charge >= 0.3 is 0 Å². The lowest BCUT2D eigenvalue weighted by molar-refractivity contribution is 0.673. The minimum Gasteiger partial charge on any atom is -0.387 e. The van der Waals surface area contributed by atoms with Crippen molar-refractivity contribution < 1.29 is 0 Å². The molecule has 0 fully saturated rings. The zero-order valence-electron chi connectivity index (χ0n) is 11.7. The van der Waals surface area contributed by atoms with Gasteiger partial charge in [0.05, 0.1) is 11.9 Å². The quantitative estimate of drug-likeness (QED) is 0.560. The molecule has 3 heteroatoms. The van der Waals surface area contributed by atoms with Crippen molar-refractivity contribution in [3.05, 3.63) is 35.6 Å². The first-order valence-corrected chi connectivity index (χ1v) is 6.79. The van der Waals surface area contributed by atoms with Gasteiger partial charge in [0.1, 0.15) is 0 Å². The van der Waals surface area contributed by atoms with E-state index in [0.717, 1.165) is 31.6 Å². The molecule has 0 amide bonds. The summed E-state index contributed by atoms with van der Waals surface area (Å²) in [5.41, 5.74) is 8.30. The van der Waals surface area contributed by atoms with Gasteiger partial charge in [-0.2, -0.15) is 0 Å². The number of hydrogen-bond donors (Lipinski definition) is 2. The highest BCUT2D eigenvalue weighted by Gasteiger charge is 2.02. The van der Waals surface area contributed by atoms with E-state index >= 15 is 0 Å². The number of nitrogens with two attached hydrogens (primary N) is 1. The lowest BCUT2D eigenvalue weighted by Gasteiger charge is -2.11. The van der Waals surface area contributed by atoms with Crippen LogP contribution in [0.15, 0.2) is 40.6 Å².